The van der Waals surface area contributed by atoms with E-state index in [1.807, 2.05) is 19.1 Å². The van der Waals surface area contributed by atoms with Crippen LogP contribution in [0.25, 0.3) is 21.5 Å². The van der Waals surface area contributed by atoms with Crippen LogP contribution in [0.4, 0.5) is 0 Å². The van der Waals surface area contributed by atoms with Crippen LogP contribution in [0, 0.1) is 6.92 Å². The molecule has 0 radical (unpaired) electrons. The molecule has 0 unspecified atom stereocenters. The van der Waals surface area contributed by atoms with Crippen molar-refractivity contribution in [2.45, 2.75) is 6.92 Å². The molecule has 21 heavy (non-hydrogen) atoms. The van der Waals surface area contributed by atoms with E-state index in [1.54, 1.807) is 18.2 Å². The van der Waals surface area contributed by atoms with Gasteiger partial charge in [0.15, 0.2) is 0 Å². The average Bonchev–Trinajstić information content (AvgIpc) is 2.46. The number of aryl methyl sites for hydroxylation is 1. The molecule has 4 heteroatoms. The van der Waals surface area contributed by atoms with Crippen molar-refractivity contribution in [1.82, 2.24) is 0 Å². The molecular formula is C17H12O4. The van der Waals surface area contributed by atoms with E-state index in [9.17, 15) is 19.8 Å². The zero-order valence-electron chi connectivity index (χ0n) is 11.3. The molecule has 0 fully saturated rings. The van der Waals surface area contributed by atoms with Crippen molar-refractivity contribution in [2.75, 3.05) is 0 Å². The first-order valence-electron chi connectivity index (χ1n) is 6.42. The summed E-state index contributed by atoms with van der Waals surface area (Å²) in [7, 11) is 0. The van der Waals surface area contributed by atoms with Gasteiger partial charge in [0.2, 0.25) is 0 Å². The second kappa shape index (κ2) is 4.59. The maximum Gasteiger partial charge on any atom is 0.336 e. The lowest BCUT2D eigenvalue weighted by molar-refractivity contribution is 0.0688. The van der Waals surface area contributed by atoms with E-state index in [4.69, 9.17) is 0 Å². The SMILES string of the molecule is Cc1c2cccc(C(=O)O)c2cc2c(C(=O)O)cccc12. The van der Waals surface area contributed by atoms with Crippen LogP contribution in [0.3, 0.4) is 0 Å². The Bertz CT molecular complexity index is 837. The molecule has 2 N–H and O–H groups in total. The molecule has 3 aromatic carbocycles. The fourth-order valence-corrected chi connectivity index (χ4v) is 2.76. The molecule has 0 saturated carbocycles. The lowest BCUT2D eigenvalue weighted by Crippen LogP contribution is -2.01. The molecule has 0 spiro atoms. The van der Waals surface area contributed by atoms with Crippen molar-refractivity contribution in [2.24, 2.45) is 0 Å². The summed E-state index contributed by atoms with van der Waals surface area (Å²) >= 11 is 0. The van der Waals surface area contributed by atoms with Gasteiger partial charge in [0.05, 0.1) is 11.1 Å². The van der Waals surface area contributed by atoms with Crippen LogP contribution in [0.5, 0.6) is 0 Å². The summed E-state index contributed by atoms with van der Waals surface area (Å²) in [6, 6.07) is 11.8. The van der Waals surface area contributed by atoms with Crippen molar-refractivity contribution in [3.63, 3.8) is 0 Å². The fourth-order valence-electron chi connectivity index (χ4n) is 2.76. The molecule has 0 saturated heterocycles. The number of carbonyl (C=O) groups is 2. The minimum Gasteiger partial charge on any atom is -0.478 e. The zero-order chi connectivity index (χ0) is 15.1. The standard InChI is InChI=1S/C17H12O4/c1-9-10-4-2-6-12(16(18)19)14(10)8-15-11(9)5-3-7-13(15)17(20)21/h2-8H,1H3,(H,18,19)(H,20,21). The van der Waals surface area contributed by atoms with Crippen molar-refractivity contribution in [3.05, 3.63) is 59.2 Å². The third kappa shape index (κ3) is 1.92. The van der Waals surface area contributed by atoms with Gasteiger partial charge in [-0.25, -0.2) is 9.59 Å². The minimum absolute atomic E-state index is 0.178. The third-order valence-corrected chi connectivity index (χ3v) is 3.77. The lowest BCUT2D eigenvalue weighted by Gasteiger charge is -2.11. The Morgan fingerprint density at radius 2 is 1.19 bits per heavy atom. The maximum atomic E-state index is 11.4. The predicted molar refractivity (Wildman–Crippen MR) is 80.1 cm³/mol. The van der Waals surface area contributed by atoms with Crippen LogP contribution in [0.15, 0.2) is 42.5 Å². The van der Waals surface area contributed by atoms with E-state index >= 15 is 0 Å². The number of rotatable bonds is 2. The minimum atomic E-state index is -1.02. The Morgan fingerprint density at radius 3 is 1.57 bits per heavy atom. The Morgan fingerprint density at radius 1 is 0.762 bits per heavy atom. The molecule has 0 amide bonds. The van der Waals surface area contributed by atoms with E-state index in [1.165, 1.54) is 12.1 Å². The molecule has 0 aliphatic carbocycles. The van der Waals surface area contributed by atoms with Gasteiger partial charge in [0.25, 0.3) is 0 Å². The summed E-state index contributed by atoms with van der Waals surface area (Å²) in [5.74, 6) is -2.04. The molecule has 0 heterocycles. The number of aromatic carboxylic acids is 2. The smallest absolute Gasteiger partial charge is 0.336 e. The van der Waals surface area contributed by atoms with Gasteiger partial charge in [-0.05, 0) is 52.2 Å². The van der Waals surface area contributed by atoms with Gasteiger partial charge in [-0.2, -0.15) is 0 Å². The number of hydrogen-bond donors (Lipinski definition) is 2. The first-order valence-corrected chi connectivity index (χ1v) is 6.42. The van der Waals surface area contributed by atoms with E-state index in [2.05, 4.69) is 0 Å². The summed E-state index contributed by atoms with van der Waals surface area (Å²) in [6.07, 6.45) is 0. The quantitative estimate of drug-likeness (QED) is 0.702. The summed E-state index contributed by atoms with van der Waals surface area (Å²) in [5.41, 5.74) is 1.24. The highest BCUT2D eigenvalue weighted by molar-refractivity contribution is 6.14. The molecule has 0 aromatic heterocycles. The van der Waals surface area contributed by atoms with Crippen molar-refractivity contribution < 1.29 is 19.8 Å². The van der Waals surface area contributed by atoms with Crippen LogP contribution in [-0.4, -0.2) is 22.2 Å². The second-order valence-electron chi connectivity index (χ2n) is 4.91. The number of fused-ring (bicyclic) bond motifs is 2. The molecule has 4 nitrogen and oxygen atoms in total. The highest BCUT2D eigenvalue weighted by Gasteiger charge is 2.15. The molecule has 104 valence electrons. The predicted octanol–water partition coefficient (Wildman–Crippen LogP) is 3.70. The Balaban J connectivity index is 2.57. The van der Waals surface area contributed by atoms with Crippen LogP contribution in [0.2, 0.25) is 0 Å². The van der Waals surface area contributed by atoms with Crippen molar-refractivity contribution >= 4 is 33.5 Å². The molecule has 0 aliphatic rings. The van der Waals surface area contributed by atoms with E-state index in [0.29, 0.717) is 10.8 Å². The van der Waals surface area contributed by atoms with Crippen LogP contribution < -0.4 is 0 Å². The Labute approximate surface area is 120 Å². The first kappa shape index (κ1) is 13.1. The van der Waals surface area contributed by atoms with Crippen molar-refractivity contribution in [1.29, 1.82) is 0 Å². The molecular weight excluding hydrogens is 268 g/mol. The Kier molecular flexibility index (Phi) is 2.87. The number of hydrogen-bond acceptors (Lipinski definition) is 2. The largest absolute Gasteiger partial charge is 0.478 e. The van der Waals surface area contributed by atoms with Crippen molar-refractivity contribution in [3.8, 4) is 0 Å². The van der Waals surface area contributed by atoms with Gasteiger partial charge in [-0.1, -0.05) is 24.3 Å². The summed E-state index contributed by atoms with van der Waals surface area (Å²) in [6.45, 7) is 1.88. The van der Waals surface area contributed by atoms with Crippen LogP contribution in [-0.2, 0) is 0 Å². The summed E-state index contributed by atoms with van der Waals surface area (Å²) in [5, 5.41) is 21.4. The zero-order valence-corrected chi connectivity index (χ0v) is 11.3. The normalized spacial score (nSPS) is 10.9. The summed E-state index contributed by atoms with van der Waals surface area (Å²) in [4.78, 5) is 22.7. The Hall–Kier alpha value is -2.88. The monoisotopic (exact) mass is 280 g/mol. The average molecular weight is 280 g/mol. The fraction of sp³-hybridized carbons (Fsp3) is 0.0588. The third-order valence-electron chi connectivity index (χ3n) is 3.77. The number of benzene rings is 3. The molecule has 0 atom stereocenters. The van der Waals surface area contributed by atoms with Gasteiger partial charge >= 0.3 is 11.9 Å². The number of carboxylic acid groups (broad SMARTS) is 2. The topological polar surface area (TPSA) is 74.6 Å². The second-order valence-corrected chi connectivity index (χ2v) is 4.91. The van der Waals surface area contributed by atoms with Gasteiger partial charge in [0.1, 0.15) is 0 Å². The highest BCUT2D eigenvalue weighted by Crippen LogP contribution is 2.31. The maximum absolute atomic E-state index is 11.4. The molecule has 0 aliphatic heterocycles. The summed E-state index contributed by atoms with van der Waals surface area (Å²) < 4.78 is 0. The lowest BCUT2D eigenvalue weighted by atomic mass is 9.93. The van der Waals surface area contributed by atoms with Crippen LogP contribution in [0.1, 0.15) is 26.3 Å². The van der Waals surface area contributed by atoms with Gasteiger partial charge in [-0.3, -0.25) is 0 Å². The molecule has 3 aromatic rings. The van der Waals surface area contributed by atoms with Gasteiger partial charge < -0.3 is 10.2 Å². The van der Waals surface area contributed by atoms with Gasteiger partial charge in [-0.15, -0.1) is 0 Å². The van der Waals surface area contributed by atoms with E-state index in [0.717, 1.165) is 16.3 Å². The van der Waals surface area contributed by atoms with Crippen LogP contribution >= 0.6 is 0 Å². The van der Waals surface area contributed by atoms with E-state index in [-0.39, 0.29) is 11.1 Å². The van der Waals surface area contributed by atoms with E-state index < -0.39 is 11.9 Å². The molecule has 0 bridgehead atoms. The van der Waals surface area contributed by atoms with Gasteiger partial charge in [0, 0.05) is 0 Å². The first-order chi connectivity index (χ1) is 10.0. The number of carboxylic acids is 2. The highest BCUT2D eigenvalue weighted by atomic mass is 16.4. The molecule has 3 rings (SSSR count).